The van der Waals surface area contributed by atoms with Crippen LogP contribution in [0.5, 0.6) is 5.75 Å². The Balaban J connectivity index is 1.69. The summed E-state index contributed by atoms with van der Waals surface area (Å²) in [6.45, 7) is 4.51. The fraction of sp³-hybridized carbons (Fsp3) is 0.529. The summed E-state index contributed by atoms with van der Waals surface area (Å²) in [6, 6.07) is 7.79. The van der Waals surface area contributed by atoms with E-state index in [-0.39, 0.29) is 0 Å². The van der Waals surface area contributed by atoms with Gasteiger partial charge in [-0.1, -0.05) is 11.8 Å². The molecule has 0 aromatic heterocycles. The molecule has 2 rings (SSSR count). The molecular weight excluding hydrogens is 264 g/mol. The number of nitrogens with two attached hydrogens (primary N) is 1. The number of rotatable bonds is 6. The minimum atomic E-state index is 0.300. The van der Waals surface area contributed by atoms with E-state index in [4.69, 9.17) is 15.6 Å². The molecule has 1 heterocycles. The van der Waals surface area contributed by atoms with Crippen LogP contribution < -0.4 is 10.5 Å². The molecular formula is C17H24N2O2. The van der Waals surface area contributed by atoms with Gasteiger partial charge in [0.2, 0.25) is 0 Å². The van der Waals surface area contributed by atoms with Crippen LogP contribution in [0.2, 0.25) is 0 Å². The van der Waals surface area contributed by atoms with Crippen molar-refractivity contribution in [1.29, 1.82) is 0 Å². The summed E-state index contributed by atoms with van der Waals surface area (Å²) in [5, 5.41) is 8.95. The van der Waals surface area contributed by atoms with Gasteiger partial charge in [-0.15, -0.1) is 0 Å². The molecule has 0 bridgehead atoms. The lowest BCUT2D eigenvalue weighted by atomic mass is 10.1. The van der Waals surface area contributed by atoms with Gasteiger partial charge in [0.1, 0.15) is 12.4 Å². The van der Waals surface area contributed by atoms with Crippen molar-refractivity contribution in [2.45, 2.75) is 12.8 Å². The Hall–Kier alpha value is -1.54. The summed E-state index contributed by atoms with van der Waals surface area (Å²) in [5.41, 5.74) is 6.30. The van der Waals surface area contributed by atoms with Crippen LogP contribution in [0.3, 0.4) is 0 Å². The number of aliphatic hydroxyl groups excluding tert-OH is 1. The highest BCUT2D eigenvalue weighted by molar-refractivity contribution is 5.38. The minimum absolute atomic E-state index is 0.300. The molecule has 0 amide bonds. The first-order valence-corrected chi connectivity index (χ1v) is 7.57. The molecule has 114 valence electrons. The van der Waals surface area contributed by atoms with Gasteiger partial charge in [-0.3, -0.25) is 4.90 Å². The summed E-state index contributed by atoms with van der Waals surface area (Å²) < 4.78 is 5.76. The predicted octanol–water partition coefficient (Wildman–Crippen LogP) is 1.08. The van der Waals surface area contributed by atoms with Crippen LogP contribution in [-0.2, 0) is 0 Å². The molecule has 1 aromatic rings. The van der Waals surface area contributed by atoms with E-state index in [1.807, 2.05) is 24.3 Å². The van der Waals surface area contributed by atoms with Crippen molar-refractivity contribution in [3.8, 4) is 17.6 Å². The Labute approximate surface area is 126 Å². The Kier molecular flexibility index (Phi) is 6.55. The molecule has 0 spiro atoms. The minimum Gasteiger partial charge on any atom is -0.492 e. The maximum absolute atomic E-state index is 8.95. The highest BCUT2D eigenvalue weighted by Crippen LogP contribution is 2.19. The van der Waals surface area contributed by atoms with E-state index in [2.05, 4.69) is 16.7 Å². The smallest absolute Gasteiger partial charge is 0.119 e. The summed E-state index contributed by atoms with van der Waals surface area (Å²) in [5.74, 6) is 7.34. The van der Waals surface area contributed by atoms with E-state index >= 15 is 0 Å². The van der Waals surface area contributed by atoms with Gasteiger partial charge >= 0.3 is 0 Å². The highest BCUT2D eigenvalue weighted by atomic mass is 16.5. The van der Waals surface area contributed by atoms with E-state index < -0.39 is 0 Å². The van der Waals surface area contributed by atoms with Crippen molar-refractivity contribution >= 4 is 0 Å². The van der Waals surface area contributed by atoms with Crippen molar-refractivity contribution in [2.24, 2.45) is 11.7 Å². The van der Waals surface area contributed by atoms with Crippen LogP contribution in [0.15, 0.2) is 24.3 Å². The Bertz CT molecular complexity index is 476. The van der Waals surface area contributed by atoms with Crippen LogP contribution in [-0.4, -0.2) is 49.4 Å². The van der Waals surface area contributed by atoms with Gasteiger partial charge in [-0.2, -0.15) is 0 Å². The molecule has 1 saturated heterocycles. The van der Waals surface area contributed by atoms with Crippen LogP contribution in [0.25, 0.3) is 0 Å². The van der Waals surface area contributed by atoms with Gasteiger partial charge in [0, 0.05) is 25.3 Å². The number of likely N-dealkylation sites (tertiary alicyclic amines) is 1. The third kappa shape index (κ3) is 5.39. The Morgan fingerprint density at radius 3 is 2.86 bits per heavy atom. The van der Waals surface area contributed by atoms with Gasteiger partial charge in [-0.05, 0) is 49.6 Å². The summed E-state index contributed by atoms with van der Waals surface area (Å²) in [4.78, 5) is 2.40. The maximum atomic E-state index is 8.95. The zero-order valence-electron chi connectivity index (χ0n) is 12.4. The molecule has 4 heteroatoms. The van der Waals surface area contributed by atoms with Crippen LogP contribution in [0.4, 0.5) is 0 Å². The second kappa shape index (κ2) is 8.68. The quantitative estimate of drug-likeness (QED) is 0.769. The third-order valence-corrected chi connectivity index (χ3v) is 3.77. The number of ether oxygens (including phenoxy) is 1. The number of hydrogen-bond donors (Lipinski definition) is 2. The summed E-state index contributed by atoms with van der Waals surface area (Å²) in [7, 11) is 0. The van der Waals surface area contributed by atoms with E-state index in [9.17, 15) is 0 Å². The standard InChI is InChI=1S/C17H24N2O2/c18-9-1-2-15-3-5-17(6-4-15)21-13-11-19-10-7-16(14-19)8-12-20/h3-6,16,20H,7-14,18H2. The zero-order valence-corrected chi connectivity index (χ0v) is 12.4. The molecule has 1 aromatic carbocycles. The fourth-order valence-corrected chi connectivity index (χ4v) is 2.61. The van der Waals surface area contributed by atoms with Crippen molar-refractivity contribution in [3.63, 3.8) is 0 Å². The van der Waals surface area contributed by atoms with E-state index in [0.717, 1.165) is 37.4 Å². The average Bonchev–Trinajstić information content (AvgIpc) is 2.94. The molecule has 21 heavy (non-hydrogen) atoms. The van der Waals surface area contributed by atoms with E-state index in [1.54, 1.807) is 0 Å². The molecule has 0 radical (unpaired) electrons. The molecule has 1 fully saturated rings. The van der Waals surface area contributed by atoms with Crippen molar-refractivity contribution < 1.29 is 9.84 Å². The normalized spacial score (nSPS) is 18.3. The first-order chi connectivity index (χ1) is 10.3. The number of benzene rings is 1. The molecule has 1 atom stereocenters. The Morgan fingerprint density at radius 2 is 2.14 bits per heavy atom. The van der Waals surface area contributed by atoms with Crippen LogP contribution in [0.1, 0.15) is 18.4 Å². The molecule has 1 aliphatic heterocycles. The molecule has 1 unspecified atom stereocenters. The largest absolute Gasteiger partial charge is 0.492 e. The monoisotopic (exact) mass is 288 g/mol. The number of aliphatic hydroxyl groups is 1. The maximum Gasteiger partial charge on any atom is 0.119 e. The Morgan fingerprint density at radius 1 is 1.33 bits per heavy atom. The highest BCUT2D eigenvalue weighted by Gasteiger charge is 2.21. The molecule has 0 aliphatic carbocycles. The molecule has 4 nitrogen and oxygen atoms in total. The molecule has 3 N–H and O–H groups in total. The van der Waals surface area contributed by atoms with Crippen molar-refractivity contribution in [2.75, 3.05) is 39.4 Å². The van der Waals surface area contributed by atoms with E-state index in [0.29, 0.717) is 25.7 Å². The number of nitrogens with zero attached hydrogens (tertiary/aromatic N) is 1. The lowest BCUT2D eigenvalue weighted by molar-refractivity contribution is 0.222. The van der Waals surface area contributed by atoms with Crippen molar-refractivity contribution in [1.82, 2.24) is 4.90 Å². The van der Waals surface area contributed by atoms with Gasteiger partial charge in [0.15, 0.2) is 0 Å². The first kappa shape index (κ1) is 15.8. The topological polar surface area (TPSA) is 58.7 Å². The van der Waals surface area contributed by atoms with Gasteiger partial charge < -0.3 is 15.6 Å². The third-order valence-electron chi connectivity index (χ3n) is 3.77. The van der Waals surface area contributed by atoms with E-state index in [1.165, 1.54) is 6.42 Å². The number of hydrogen-bond acceptors (Lipinski definition) is 4. The summed E-state index contributed by atoms with van der Waals surface area (Å²) >= 11 is 0. The zero-order chi connectivity index (χ0) is 14.9. The summed E-state index contributed by atoms with van der Waals surface area (Å²) in [6.07, 6.45) is 2.11. The fourth-order valence-electron chi connectivity index (χ4n) is 2.61. The van der Waals surface area contributed by atoms with Gasteiger partial charge in [0.05, 0.1) is 6.54 Å². The van der Waals surface area contributed by atoms with Crippen LogP contribution >= 0.6 is 0 Å². The molecule has 1 aliphatic rings. The average molecular weight is 288 g/mol. The lowest BCUT2D eigenvalue weighted by Crippen LogP contribution is -2.26. The lowest BCUT2D eigenvalue weighted by Gasteiger charge is -2.16. The van der Waals surface area contributed by atoms with Crippen LogP contribution in [0, 0.1) is 17.8 Å². The first-order valence-electron chi connectivity index (χ1n) is 7.57. The second-order valence-corrected chi connectivity index (χ2v) is 5.35. The second-order valence-electron chi connectivity index (χ2n) is 5.35. The SMILES string of the molecule is NCC#Cc1ccc(OCCN2CCC(CCO)C2)cc1. The van der Waals surface area contributed by atoms with Gasteiger partial charge in [0.25, 0.3) is 0 Å². The predicted molar refractivity (Wildman–Crippen MR) is 84.1 cm³/mol. The van der Waals surface area contributed by atoms with Gasteiger partial charge in [-0.25, -0.2) is 0 Å². The molecule has 0 saturated carbocycles. The van der Waals surface area contributed by atoms with Crippen molar-refractivity contribution in [3.05, 3.63) is 29.8 Å².